The fraction of sp³-hybridized carbons (Fsp3) is 0.314. The van der Waals surface area contributed by atoms with Gasteiger partial charge in [0.15, 0.2) is 0 Å². The van der Waals surface area contributed by atoms with Crippen LogP contribution in [0.25, 0.3) is 11.1 Å². The molecule has 0 saturated carbocycles. The number of carbonyl (C=O) groups excluding carboxylic acids is 1. The normalized spacial score (nSPS) is 10.2. The van der Waals surface area contributed by atoms with E-state index in [4.69, 9.17) is 29.4 Å². The standard InChI is InChI=1S/C21H18O3.C19H16.C16H33NO.C14H18O4/c22-21(23)20-12-11-19(24-15-17-9-5-2-6-10-17)14-18(20)13-16-7-3-1-4-8-16;1-3-7-16(8-4-1)15-17-11-13-19(14-12-17)18-9-5-2-6-10-18;1-2-3-4-5-6-7-8-9-10-11-12-13-14-15-16(17)18;1-3-15-9-11-17-13-5-7-14(8-6-13)18-12-10-16-4-2/h1-12,14H,13,15H2,(H,22,23);1-14H,15H2;2-15H2,1H3,(H2,17,18);3-8H,1-2,9-12H2. The average Bonchev–Trinajstić information content (AvgIpc) is 3.50. The zero-order valence-electron chi connectivity index (χ0n) is 46.7. The van der Waals surface area contributed by atoms with E-state index in [9.17, 15) is 14.7 Å². The molecule has 0 fully saturated rings. The zero-order valence-corrected chi connectivity index (χ0v) is 46.7. The molecule has 0 aliphatic carbocycles. The number of carbonyl (C=O) groups is 2. The van der Waals surface area contributed by atoms with Crippen LogP contribution in [0, 0.1) is 0 Å². The third kappa shape index (κ3) is 29.3. The first-order valence-corrected chi connectivity index (χ1v) is 28.1. The second kappa shape index (κ2) is 41.1. The number of carboxylic acid groups (broad SMARTS) is 1. The molecule has 0 radical (unpaired) electrons. The SMILES string of the molecule is C=COCCOc1ccc(OCCOC=C)cc1.CCCCCCCCCCCCCCCC(N)=O.O=C(O)c1ccc(OCc2ccccc2)cc1Cc1ccccc1.c1ccc(Cc2ccc(-c3ccccc3)cc2)cc1. The van der Waals surface area contributed by atoms with Crippen LogP contribution in [0.1, 0.15) is 135 Å². The molecule has 7 rings (SSSR count). The largest absolute Gasteiger partial charge is 0.498 e. The van der Waals surface area contributed by atoms with Gasteiger partial charge in [0.05, 0.1) is 18.1 Å². The van der Waals surface area contributed by atoms with Crippen LogP contribution in [0.4, 0.5) is 0 Å². The molecule has 0 unspecified atom stereocenters. The fourth-order valence-corrected chi connectivity index (χ4v) is 8.38. The van der Waals surface area contributed by atoms with Gasteiger partial charge in [0, 0.05) is 6.42 Å². The van der Waals surface area contributed by atoms with E-state index in [1.165, 1.54) is 112 Å². The van der Waals surface area contributed by atoms with Crippen LogP contribution in [-0.2, 0) is 33.7 Å². The van der Waals surface area contributed by atoms with Gasteiger partial charge in [0.25, 0.3) is 0 Å². The highest BCUT2D eigenvalue weighted by Gasteiger charge is 2.12. The maximum Gasteiger partial charge on any atom is 0.335 e. The lowest BCUT2D eigenvalue weighted by Gasteiger charge is -2.11. The van der Waals surface area contributed by atoms with E-state index >= 15 is 0 Å². The van der Waals surface area contributed by atoms with Crippen molar-refractivity contribution in [3.63, 3.8) is 0 Å². The van der Waals surface area contributed by atoms with Crippen LogP contribution in [-0.4, -0.2) is 43.4 Å². The second-order valence-corrected chi connectivity index (χ2v) is 19.0. The van der Waals surface area contributed by atoms with Gasteiger partial charge in [-0.3, -0.25) is 4.79 Å². The minimum absolute atomic E-state index is 0.155. The van der Waals surface area contributed by atoms with E-state index in [-0.39, 0.29) is 5.91 Å². The molecule has 418 valence electrons. The molecule has 3 N–H and O–H groups in total. The van der Waals surface area contributed by atoms with E-state index in [1.807, 2.05) is 97.1 Å². The molecular formula is C70H85NO8. The summed E-state index contributed by atoms with van der Waals surface area (Å²) in [6.45, 7) is 11.6. The average molecular weight is 1070 g/mol. The van der Waals surface area contributed by atoms with E-state index in [2.05, 4.69) is 98.9 Å². The number of nitrogens with two attached hydrogens (primary N) is 1. The van der Waals surface area contributed by atoms with Crippen molar-refractivity contribution in [2.24, 2.45) is 5.73 Å². The Hall–Kier alpha value is -8.04. The number of benzene rings is 7. The van der Waals surface area contributed by atoms with Crippen molar-refractivity contribution in [3.05, 3.63) is 247 Å². The molecule has 0 aliphatic rings. The Morgan fingerprint density at radius 2 is 0.848 bits per heavy atom. The number of aromatic carboxylic acids is 1. The zero-order chi connectivity index (χ0) is 56.2. The number of rotatable bonds is 33. The van der Waals surface area contributed by atoms with Gasteiger partial charge >= 0.3 is 5.97 Å². The molecule has 9 nitrogen and oxygen atoms in total. The fourth-order valence-electron chi connectivity index (χ4n) is 8.38. The van der Waals surface area contributed by atoms with Crippen molar-refractivity contribution in [2.45, 2.75) is 116 Å². The number of unbranched alkanes of at least 4 members (excludes halogenated alkanes) is 12. The molecular weight excluding hydrogens is 983 g/mol. The summed E-state index contributed by atoms with van der Waals surface area (Å²) in [6, 6.07) is 62.1. The molecule has 0 heterocycles. The highest BCUT2D eigenvalue weighted by molar-refractivity contribution is 5.89. The van der Waals surface area contributed by atoms with Crippen LogP contribution >= 0.6 is 0 Å². The Kier molecular flexibility index (Phi) is 33.0. The molecule has 0 atom stereocenters. The Morgan fingerprint density at radius 3 is 1.30 bits per heavy atom. The quantitative estimate of drug-likeness (QED) is 0.0308. The first-order chi connectivity index (χ1) is 38.8. The van der Waals surface area contributed by atoms with Gasteiger partial charge in [-0.15, -0.1) is 0 Å². The lowest BCUT2D eigenvalue weighted by molar-refractivity contribution is -0.118. The minimum atomic E-state index is -0.921. The Labute approximate surface area is 472 Å². The van der Waals surface area contributed by atoms with Gasteiger partial charge in [-0.05, 0) is 101 Å². The summed E-state index contributed by atoms with van der Waals surface area (Å²) in [7, 11) is 0. The van der Waals surface area contributed by atoms with E-state index < -0.39 is 5.97 Å². The topological polar surface area (TPSA) is 127 Å². The van der Waals surface area contributed by atoms with Crippen LogP contribution in [0.15, 0.2) is 214 Å². The number of ether oxygens (including phenoxy) is 5. The predicted octanol–water partition coefficient (Wildman–Crippen LogP) is 17.2. The van der Waals surface area contributed by atoms with E-state index in [1.54, 1.807) is 12.1 Å². The lowest BCUT2D eigenvalue weighted by atomic mass is 9.99. The van der Waals surface area contributed by atoms with Gasteiger partial charge in [-0.25, -0.2) is 4.79 Å². The highest BCUT2D eigenvalue weighted by atomic mass is 16.5. The van der Waals surface area contributed by atoms with E-state index in [0.717, 1.165) is 41.0 Å². The molecule has 0 aliphatic heterocycles. The summed E-state index contributed by atoms with van der Waals surface area (Å²) in [5.41, 5.74) is 13.6. The van der Waals surface area contributed by atoms with Crippen molar-refractivity contribution in [1.29, 1.82) is 0 Å². The molecule has 0 aromatic heterocycles. The smallest absolute Gasteiger partial charge is 0.335 e. The Bertz CT molecular complexity index is 2630. The van der Waals surface area contributed by atoms with Crippen molar-refractivity contribution >= 4 is 11.9 Å². The monoisotopic (exact) mass is 1070 g/mol. The first kappa shape index (κ1) is 63.5. The highest BCUT2D eigenvalue weighted by Crippen LogP contribution is 2.24. The molecule has 79 heavy (non-hydrogen) atoms. The summed E-state index contributed by atoms with van der Waals surface area (Å²) < 4.78 is 26.6. The molecule has 1 amide bonds. The summed E-state index contributed by atoms with van der Waals surface area (Å²) in [6.07, 6.45) is 22.3. The Balaban J connectivity index is 0.000000229. The molecule has 0 saturated heterocycles. The van der Waals surface area contributed by atoms with Crippen molar-refractivity contribution in [2.75, 3.05) is 26.4 Å². The third-order valence-electron chi connectivity index (χ3n) is 12.6. The third-order valence-corrected chi connectivity index (χ3v) is 12.6. The summed E-state index contributed by atoms with van der Waals surface area (Å²) in [4.78, 5) is 22.0. The van der Waals surface area contributed by atoms with Crippen molar-refractivity contribution in [1.82, 2.24) is 0 Å². The second-order valence-electron chi connectivity index (χ2n) is 19.0. The summed E-state index contributed by atoms with van der Waals surface area (Å²) >= 11 is 0. The predicted molar refractivity (Wildman–Crippen MR) is 324 cm³/mol. The Morgan fingerprint density at radius 1 is 0.443 bits per heavy atom. The van der Waals surface area contributed by atoms with Crippen LogP contribution in [0.2, 0.25) is 0 Å². The van der Waals surface area contributed by atoms with Gasteiger partial charge in [0.2, 0.25) is 5.91 Å². The maximum absolute atomic E-state index is 11.5. The van der Waals surface area contributed by atoms with Gasteiger partial charge in [-0.1, -0.05) is 243 Å². The number of amides is 1. The number of primary amides is 1. The summed E-state index contributed by atoms with van der Waals surface area (Å²) in [5, 5.41) is 9.40. The number of hydrogen-bond acceptors (Lipinski definition) is 7. The molecule has 7 aromatic carbocycles. The first-order valence-electron chi connectivity index (χ1n) is 28.1. The molecule has 0 spiro atoms. The van der Waals surface area contributed by atoms with Crippen LogP contribution in [0.5, 0.6) is 17.2 Å². The van der Waals surface area contributed by atoms with Gasteiger partial charge in [0.1, 0.15) is 50.3 Å². The number of carboxylic acids is 1. The minimum Gasteiger partial charge on any atom is -0.498 e. The lowest BCUT2D eigenvalue weighted by Crippen LogP contribution is -2.09. The van der Waals surface area contributed by atoms with Crippen LogP contribution in [0.3, 0.4) is 0 Å². The molecule has 7 aromatic rings. The van der Waals surface area contributed by atoms with Crippen LogP contribution < -0.4 is 19.9 Å². The molecule has 9 heteroatoms. The van der Waals surface area contributed by atoms with Gasteiger partial charge in [-0.2, -0.15) is 0 Å². The van der Waals surface area contributed by atoms with Crippen molar-refractivity contribution in [3.8, 4) is 28.4 Å². The summed E-state index contributed by atoms with van der Waals surface area (Å²) in [5.74, 6) is 1.15. The molecule has 0 bridgehead atoms. The van der Waals surface area contributed by atoms with Gasteiger partial charge < -0.3 is 34.5 Å². The van der Waals surface area contributed by atoms with Crippen molar-refractivity contribution < 1.29 is 38.4 Å². The van der Waals surface area contributed by atoms with E-state index in [0.29, 0.717) is 57.2 Å². The maximum atomic E-state index is 11.5. The number of hydrogen-bond donors (Lipinski definition) is 2.